The molecular formula is C17H19F2N. The Balaban J connectivity index is 2.53. The van der Waals surface area contributed by atoms with Gasteiger partial charge in [-0.2, -0.15) is 8.78 Å². The molecule has 1 nitrogen and oxygen atoms in total. The molecule has 0 aliphatic carbocycles. The molecule has 0 radical (unpaired) electrons. The molecule has 106 valence electrons. The van der Waals surface area contributed by atoms with Crippen molar-refractivity contribution in [2.75, 3.05) is 13.1 Å². The van der Waals surface area contributed by atoms with E-state index in [0.29, 0.717) is 18.7 Å². The van der Waals surface area contributed by atoms with Crippen molar-refractivity contribution in [2.45, 2.75) is 19.9 Å². The Morgan fingerprint density at radius 1 is 0.850 bits per heavy atom. The Bertz CT molecular complexity index is 548. The molecule has 20 heavy (non-hydrogen) atoms. The zero-order valence-electron chi connectivity index (χ0n) is 11.8. The largest absolute Gasteiger partial charge is 0.332 e. The van der Waals surface area contributed by atoms with Gasteiger partial charge in [0.2, 0.25) is 0 Å². The van der Waals surface area contributed by atoms with Crippen molar-refractivity contribution >= 4 is 0 Å². The quantitative estimate of drug-likeness (QED) is 0.712. The van der Waals surface area contributed by atoms with Gasteiger partial charge in [-0.3, -0.25) is 0 Å². The van der Waals surface area contributed by atoms with Crippen molar-refractivity contribution in [1.82, 2.24) is 4.90 Å². The third kappa shape index (κ3) is 2.73. The number of hydrogen-bond donors (Lipinski definition) is 0. The van der Waals surface area contributed by atoms with Gasteiger partial charge in [-0.1, -0.05) is 68.4 Å². The second kappa shape index (κ2) is 6.14. The van der Waals surface area contributed by atoms with Crippen molar-refractivity contribution in [3.8, 4) is 11.1 Å². The van der Waals surface area contributed by atoms with Gasteiger partial charge in [0.25, 0.3) is 0 Å². The molecule has 0 aromatic heterocycles. The molecular weight excluding hydrogens is 256 g/mol. The van der Waals surface area contributed by atoms with E-state index in [-0.39, 0.29) is 5.56 Å². The van der Waals surface area contributed by atoms with Gasteiger partial charge in [0.15, 0.2) is 0 Å². The standard InChI is InChI=1S/C17H19F2N/c1-3-20(4-2)17(18,19)16-13-9-8-12-15(16)14-10-6-5-7-11-14/h5-13H,3-4H2,1-2H3. The molecule has 0 amide bonds. The van der Waals surface area contributed by atoms with E-state index in [2.05, 4.69) is 0 Å². The Hall–Kier alpha value is -1.74. The van der Waals surface area contributed by atoms with E-state index in [4.69, 9.17) is 0 Å². The number of halogens is 2. The third-order valence-electron chi connectivity index (χ3n) is 3.50. The Kier molecular flexibility index (Phi) is 4.50. The van der Waals surface area contributed by atoms with Gasteiger partial charge in [-0.15, -0.1) is 0 Å². The number of hydrogen-bond acceptors (Lipinski definition) is 1. The fourth-order valence-electron chi connectivity index (χ4n) is 2.41. The molecule has 0 aliphatic heterocycles. The molecule has 2 aromatic carbocycles. The van der Waals surface area contributed by atoms with Gasteiger partial charge in [0.05, 0.1) is 0 Å². The topological polar surface area (TPSA) is 3.24 Å². The van der Waals surface area contributed by atoms with E-state index in [1.807, 2.05) is 30.3 Å². The smallest absolute Gasteiger partial charge is 0.241 e. The fraction of sp³-hybridized carbons (Fsp3) is 0.294. The molecule has 2 aromatic rings. The Labute approximate surface area is 118 Å². The number of rotatable bonds is 5. The highest BCUT2D eigenvalue weighted by Gasteiger charge is 2.39. The van der Waals surface area contributed by atoms with Crippen LogP contribution in [0.4, 0.5) is 8.78 Å². The molecule has 0 bridgehead atoms. The number of benzene rings is 2. The van der Waals surface area contributed by atoms with Crippen LogP contribution in [-0.2, 0) is 6.05 Å². The summed E-state index contributed by atoms with van der Waals surface area (Å²) in [6, 6.07) is 13.1. The lowest BCUT2D eigenvalue weighted by molar-refractivity contribution is -0.150. The van der Waals surface area contributed by atoms with Crippen LogP contribution < -0.4 is 0 Å². The van der Waals surface area contributed by atoms with Crippen molar-refractivity contribution in [3.05, 3.63) is 60.2 Å². The zero-order chi connectivity index (χ0) is 14.6. The molecule has 0 spiro atoms. The minimum atomic E-state index is -2.96. The van der Waals surface area contributed by atoms with Crippen LogP contribution in [0.1, 0.15) is 19.4 Å². The van der Waals surface area contributed by atoms with Crippen LogP contribution in [0.15, 0.2) is 54.6 Å². The first kappa shape index (κ1) is 14.7. The summed E-state index contributed by atoms with van der Waals surface area (Å²) in [5.41, 5.74) is 1.47. The molecule has 0 unspecified atom stereocenters. The summed E-state index contributed by atoms with van der Waals surface area (Å²) >= 11 is 0. The molecule has 0 atom stereocenters. The monoisotopic (exact) mass is 275 g/mol. The van der Waals surface area contributed by atoms with E-state index < -0.39 is 6.05 Å². The van der Waals surface area contributed by atoms with Crippen LogP contribution in [-0.4, -0.2) is 18.0 Å². The maximum Gasteiger partial charge on any atom is 0.332 e. The highest BCUT2D eigenvalue weighted by Crippen LogP contribution is 2.38. The normalized spacial score (nSPS) is 11.8. The highest BCUT2D eigenvalue weighted by molar-refractivity contribution is 5.68. The van der Waals surface area contributed by atoms with Gasteiger partial charge in [-0.25, -0.2) is 4.90 Å². The summed E-state index contributed by atoms with van der Waals surface area (Å²) in [6.45, 7) is 4.13. The van der Waals surface area contributed by atoms with E-state index in [9.17, 15) is 8.78 Å². The lowest BCUT2D eigenvalue weighted by atomic mass is 9.98. The molecule has 0 fully saturated rings. The average Bonchev–Trinajstić information content (AvgIpc) is 2.49. The van der Waals surface area contributed by atoms with Crippen molar-refractivity contribution < 1.29 is 8.78 Å². The number of nitrogens with zero attached hydrogens (tertiary/aromatic N) is 1. The average molecular weight is 275 g/mol. The van der Waals surface area contributed by atoms with Crippen molar-refractivity contribution in [2.24, 2.45) is 0 Å². The molecule has 0 heterocycles. The van der Waals surface area contributed by atoms with Gasteiger partial charge in [0, 0.05) is 18.7 Å². The minimum absolute atomic E-state index is 0.0647. The maximum absolute atomic E-state index is 14.7. The van der Waals surface area contributed by atoms with E-state index in [1.165, 1.54) is 11.0 Å². The first-order valence-electron chi connectivity index (χ1n) is 6.89. The lowest BCUT2D eigenvalue weighted by Crippen LogP contribution is -2.39. The zero-order valence-corrected chi connectivity index (χ0v) is 11.8. The predicted octanol–water partition coefficient (Wildman–Crippen LogP) is 4.74. The third-order valence-corrected chi connectivity index (χ3v) is 3.50. The Morgan fingerprint density at radius 2 is 1.40 bits per heavy atom. The second-order valence-electron chi connectivity index (χ2n) is 4.63. The van der Waals surface area contributed by atoms with Crippen LogP contribution in [0.25, 0.3) is 11.1 Å². The van der Waals surface area contributed by atoms with Crippen LogP contribution in [0.3, 0.4) is 0 Å². The van der Waals surface area contributed by atoms with Gasteiger partial charge >= 0.3 is 6.05 Å². The molecule has 0 aliphatic rings. The molecule has 0 N–H and O–H groups in total. The molecule has 0 saturated carbocycles. The van der Waals surface area contributed by atoms with Crippen LogP contribution in [0.5, 0.6) is 0 Å². The Morgan fingerprint density at radius 3 is 2.00 bits per heavy atom. The molecule has 0 saturated heterocycles. The van der Waals surface area contributed by atoms with Gasteiger partial charge < -0.3 is 0 Å². The summed E-state index contributed by atoms with van der Waals surface area (Å²) in [5, 5.41) is 0. The van der Waals surface area contributed by atoms with E-state index in [1.54, 1.807) is 32.0 Å². The molecule has 3 heteroatoms. The van der Waals surface area contributed by atoms with Gasteiger partial charge in [-0.05, 0) is 11.1 Å². The van der Waals surface area contributed by atoms with Crippen molar-refractivity contribution in [3.63, 3.8) is 0 Å². The lowest BCUT2D eigenvalue weighted by Gasteiger charge is -2.30. The van der Waals surface area contributed by atoms with Crippen LogP contribution >= 0.6 is 0 Å². The van der Waals surface area contributed by atoms with Crippen LogP contribution in [0, 0.1) is 0 Å². The summed E-state index contributed by atoms with van der Waals surface area (Å²) in [5.74, 6) is 0. The van der Waals surface area contributed by atoms with Gasteiger partial charge in [0.1, 0.15) is 0 Å². The summed E-state index contributed by atoms with van der Waals surface area (Å²) in [7, 11) is 0. The SMILES string of the molecule is CCN(CC)C(F)(F)c1ccccc1-c1ccccc1. The van der Waals surface area contributed by atoms with E-state index >= 15 is 0 Å². The first-order chi connectivity index (χ1) is 9.61. The highest BCUT2D eigenvalue weighted by atomic mass is 19.3. The summed E-state index contributed by atoms with van der Waals surface area (Å²) in [6.07, 6.45) is 0. The fourth-order valence-corrected chi connectivity index (χ4v) is 2.41. The van der Waals surface area contributed by atoms with Crippen LogP contribution in [0.2, 0.25) is 0 Å². The minimum Gasteiger partial charge on any atom is -0.241 e. The van der Waals surface area contributed by atoms with E-state index in [0.717, 1.165) is 5.56 Å². The molecule has 2 rings (SSSR count). The second-order valence-corrected chi connectivity index (χ2v) is 4.63. The van der Waals surface area contributed by atoms with Crippen molar-refractivity contribution in [1.29, 1.82) is 0 Å². The maximum atomic E-state index is 14.7. The summed E-state index contributed by atoms with van der Waals surface area (Å²) < 4.78 is 29.4. The predicted molar refractivity (Wildman–Crippen MR) is 78.7 cm³/mol. The summed E-state index contributed by atoms with van der Waals surface area (Å²) in [4.78, 5) is 1.18. The first-order valence-corrected chi connectivity index (χ1v) is 6.89. The number of alkyl halides is 2.